The van der Waals surface area contributed by atoms with Crippen molar-refractivity contribution < 1.29 is 124 Å². The fourth-order valence-corrected chi connectivity index (χ4v) is 5.04. The standard InChI is InChI=1S/C23H39NO19.Na/c1-6(27)24-11-7(28)2-23(22(37)38,43-19(11)12(30)8(29)3-25)39-5-10-13(31)14(32)17(35)21(41-10)42-18-9(4-26)40-20(36)16(34)15(18)33;/h7-21,25-26,28-36H,2-5H2,1H3,(H,24,27)(H,37,38);/q;+1/p-1/t7-,8+,9+,10+,11+,12+,13-,14-,15+,16+,17+,18+,19+,20?,21-,23+;/m0./s1. The number of nitrogens with one attached hydrogen (secondary N) is 1. The van der Waals surface area contributed by atoms with Crippen molar-refractivity contribution in [3.8, 4) is 0 Å². The molecule has 16 atom stereocenters. The second-order valence-electron chi connectivity index (χ2n) is 10.5. The number of carboxylic acid groups (broad SMARTS) is 1. The first-order valence-electron chi connectivity index (χ1n) is 13.2. The first-order chi connectivity index (χ1) is 20.1. The Balaban J connectivity index is 0.00000675. The second kappa shape index (κ2) is 16.4. The van der Waals surface area contributed by atoms with E-state index in [0.717, 1.165) is 6.92 Å². The predicted octanol–water partition coefficient (Wildman–Crippen LogP) is -12.6. The van der Waals surface area contributed by atoms with E-state index in [1.165, 1.54) is 0 Å². The number of carbonyl (C=O) groups is 2. The van der Waals surface area contributed by atoms with Crippen LogP contribution in [0.1, 0.15) is 13.3 Å². The maximum atomic E-state index is 12.2. The second-order valence-corrected chi connectivity index (χ2v) is 10.5. The summed E-state index contributed by atoms with van der Waals surface area (Å²) < 4.78 is 26.5. The fraction of sp³-hybridized carbons (Fsp3) is 0.913. The molecule has 0 aromatic carbocycles. The van der Waals surface area contributed by atoms with Gasteiger partial charge in [-0.25, -0.2) is 0 Å². The van der Waals surface area contributed by atoms with Gasteiger partial charge in [0.05, 0.1) is 32.0 Å². The zero-order valence-corrected chi connectivity index (χ0v) is 25.7. The van der Waals surface area contributed by atoms with Crippen LogP contribution in [0.25, 0.3) is 0 Å². The molecule has 3 saturated heterocycles. The summed E-state index contributed by atoms with van der Waals surface area (Å²) in [5.74, 6) is -5.80. The molecule has 0 aromatic heterocycles. The first-order valence-corrected chi connectivity index (χ1v) is 13.2. The van der Waals surface area contributed by atoms with Gasteiger partial charge < -0.3 is 95.1 Å². The third-order valence-corrected chi connectivity index (χ3v) is 7.45. The molecule has 3 aliphatic heterocycles. The van der Waals surface area contributed by atoms with Crippen LogP contribution in [0.4, 0.5) is 0 Å². The summed E-state index contributed by atoms with van der Waals surface area (Å²) >= 11 is 0. The zero-order valence-electron chi connectivity index (χ0n) is 23.7. The minimum Gasteiger partial charge on any atom is -0.544 e. The third-order valence-electron chi connectivity index (χ3n) is 7.45. The summed E-state index contributed by atoms with van der Waals surface area (Å²) in [6, 6.07) is -1.51. The molecule has 1 unspecified atom stereocenters. The molecule has 0 aliphatic carbocycles. The smallest absolute Gasteiger partial charge is 0.544 e. The Morgan fingerprint density at radius 3 is 2.14 bits per heavy atom. The number of aliphatic carboxylic acids is 1. The quantitative estimate of drug-likeness (QED) is 0.0919. The van der Waals surface area contributed by atoms with E-state index in [-0.39, 0.29) is 29.6 Å². The van der Waals surface area contributed by atoms with E-state index in [0.29, 0.717) is 0 Å². The number of ether oxygens (including phenoxy) is 5. The molecule has 0 aromatic rings. The van der Waals surface area contributed by atoms with Crippen molar-refractivity contribution in [3.63, 3.8) is 0 Å². The van der Waals surface area contributed by atoms with Gasteiger partial charge in [-0.2, -0.15) is 0 Å². The number of aliphatic hydroxyl groups is 11. The molecule has 3 aliphatic rings. The van der Waals surface area contributed by atoms with Crippen LogP contribution in [0.5, 0.6) is 0 Å². The number of hydrogen-bond acceptors (Lipinski definition) is 19. The first kappa shape index (κ1) is 39.5. The van der Waals surface area contributed by atoms with Gasteiger partial charge in [0, 0.05) is 13.3 Å². The molecule has 3 fully saturated rings. The van der Waals surface area contributed by atoms with E-state index >= 15 is 0 Å². The van der Waals surface area contributed by atoms with Crippen molar-refractivity contribution in [2.75, 3.05) is 19.8 Å². The fourth-order valence-electron chi connectivity index (χ4n) is 5.04. The summed E-state index contributed by atoms with van der Waals surface area (Å²) in [4.78, 5) is 23.9. The van der Waals surface area contributed by atoms with E-state index in [2.05, 4.69) is 5.32 Å². The Bertz CT molecular complexity index is 949. The molecule has 3 heterocycles. The van der Waals surface area contributed by atoms with Crippen LogP contribution in [0, 0.1) is 0 Å². The van der Waals surface area contributed by atoms with Gasteiger partial charge in [-0.3, -0.25) is 4.79 Å². The van der Waals surface area contributed by atoms with Gasteiger partial charge in [-0.15, -0.1) is 0 Å². The number of carboxylic acids is 1. The largest absolute Gasteiger partial charge is 1.00 e. The topological polar surface area (TPSA) is 338 Å². The average Bonchev–Trinajstić information content (AvgIpc) is 2.96. The minimum absolute atomic E-state index is 0. The Labute approximate surface area is 271 Å². The van der Waals surface area contributed by atoms with Gasteiger partial charge in [-0.1, -0.05) is 0 Å². The van der Waals surface area contributed by atoms with Crippen LogP contribution in [-0.2, 0) is 33.3 Å². The van der Waals surface area contributed by atoms with Crippen LogP contribution in [0.15, 0.2) is 0 Å². The summed E-state index contributed by atoms with van der Waals surface area (Å²) in [7, 11) is 0. The monoisotopic (exact) mass is 655 g/mol. The predicted molar refractivity (Wildman–Crippen MR) is 127 cm³/mol. The average molecular weight is 656 g/mol. The van der Waals surface area contributed by atoms with Crippen molar-refractivity contribution >= 4 is 11.9 Å². The minimum atomic E-state index is -2.94. The number of amides is 1. The van der Waals surface area contributed by atoms with Crippen molar-refractivity contribution in [3.05, 3.63) is 0 Å². The van der Waals surface area contributed by atoms with E-state index in [1.807, 2.05) is 0 Å². The van der Waals surface area contributed by atoms with Crippen molar-refractivity contribution in [1.82, 2.24) is 5.32 Å². The van der Waals surface area contributed by atoms with Crippen LogP contribution in [0.2, 0.25) is 0 Å². The van der Waals surface area contributed by atoms with Crippen LogP contribution in [0.3, 0.4) is 0 Å². The normalized spacial score (nSPS) is 44.2. The SMILES string of the molecule is CC(=O)N[C@H]1[C@H]([C@H](O)[C@H](O)CO)O[C@@](OC[C@H]2O[C@@H](O[C@H]3[C@H](O)[C@@H](O)C(O)O[C@@H]3CO)[C@H](O)[C@@H](O)[C@H]2O)(C(=O)[O-])C[C@@H]1O.[Na+]. The Kier molecular flexibility index (Phi) is 14.7. The molecule has 44 heavy (non-hydrogen) atoms. The number of rotatable bonds is 11. The molecule has 0 radical (unpaired) electrons. The molecule has 0 saturated carbocycles. The Morgan fingerprint density at radius 1 is 0.955 bits per heavy atom. The molecule has 0 spiro atoms. The van der Waals surface area contributed by atoms with E-state index < -0.39 is 136 Å². The van der Waals surface area contributed by atoms with E-state index in [9.17, 15) is 70.9 Å². The molecule has 21 heteroatoms. The van der Waals surface area contributed by atoms with Gasteiger partial charge in [-0.05, 0) is 0 Å². The van der Waals surface area contributed by atoms with Gasteiger partial charge in [0.15, 0.2) is 12.6 Å². The maximum absolute atomic E-state index is 12.2. The molecule has 250 valence electrons. The molecule has 1 amide bonds. The maximum Gasteiger partial charge on any atom is 1.00 e. The van der Waals surface area contributed by atoms with Crippen molar-refractivity contribution in [2.45, 2.75) is 111 Å². The zero-order chi connectivity index (χ0) is 32.4. The summed E-state index contributed by atoms with van der Waals surface area (Å²) in [6.45, 7) is -1.84. The van der Waals surface area contributed by atoms with Gasteiger partial charge in [0.2, 0.25) is 11.7 Å². The van der Waals surface area contributed by atoms with Crippen molar-refractivity contribution in [1.29, 1.82) is 0 Å². The van der Waals surface area contributed by atoms with Gasteiger partial charge >= 0.3 is 29.6 Å². The number of hydrogen-bond donors (Lipinski definition) is 12. The summed E-state index contributed by atoms with van der Waals surface area (Å²) in [6.07, 6.45) is -27.3. The van der Waals surface area contributed by atoms with Crippen LogP contribution < -0.4 is 40.0 Å². The number of aliphatic hydroxyl groups excluding tert-OH is 11. The molecule has 3 rings (SSSR count). The van der Waals surface area contributed by atoms with Gasteiger partial charge in [0.25, 0.3) is 0 Å². The van der Waals surface area contributed by atoms with E-state index in [1.54, 1.807) is 0 Å². The van der Waals surface area contributed by atoms with Crippen LogP contribution >= 0.6 is 0 Å². The van der Waals surface area contributed by atoms with Crippen LogP contribution in [-0.4, -0.2) is 186 Å². The van der Waals surface area contributed by atoms with Crippen molar-refractivity contribution in [2.24, 2.45) is 0 Å². The molecule has 0 bridgehead atoms. The molecular formula is C23H38NNaO19. The Hall–Kier alpha value is -0.700. The van der Waals surface area contributed by atoms with Gasteiger partial charge in [0.1, 0.15) is 73.1 Å². The Morgan fingerprint density at radius 2 is 1.59 bits per heavy atom. The van der Waals surface area contributed by atoms with E-state index in [4.69, 9.17) is 23.7 Å². The molecule has 12 N–H and O–H groups in total. The third kappa shape index (κ3) is 8.41. The summed E-state index contributed by atoms with van der Waals surface area (Å²) in [5.41, 5.74) is 0. The summed E-state index contributed by atoms with van der Waals surface area (Å²) in [5, 5.41) is 126. The molecular weight excluding hydrogens is 617 g/mol. The number of carbonyl (C=O) groups excluding carboxylic acids is 2. The molecule has 20 nitrogen and oxygen atoms in total.